The van der Waals surface area contributed by atoms with Gasteiger partial charge >= 0.3 is 0 Å². The number of rotatable bonds is 6. The normalized spacial score (nSPS) is 10.8. The standard InChI is InChI=1S/C20H13ClF2N6OS/c21-15-10-13(4-7-16(15)23)26-19(30)18-17(11-31-20-24-8-1-9-25-20)29(28-27-18)14-5-2-12(22)3-6-14/h1-10H,11H2,(H,26,30). The Morgan fingerprint density at radius 2 is 1.84 bits per heavy atom. The molecule has 0 aliphatic carbocycles. The molecule has 11 heteroatoms. The molecule has 0 unspecified atom stereocenters. The lowest BCUT2D eigenvalue weighted by atomic mass is 10.2. The minimum absolute atomic E-state index is 0.0493. The third kappa shape index (κ3) is 4.86. The van der Waals surface area contributed by atoms with Crippen molar-refractivity contribution in [1.82, 2.24) is 25.0 Å². The van der Waals surface area contributed by atoms with E-state index in [1.807, 2.05) is 0 Å². The summed E-state index contributed by atoms with van der Waals surface area (Å²) in [7, 11) is 0. The first-order valence-electron chi connectivity index (χ1n) is 8.88. The van der Waals surface area contributed by atoms with Crippen molar-refractivity contribution in [2.75, 3.05) is 5.32 Å². The lowest BCUT2D eigenvalue weighted by Gasteiger charge is -2.09. The van der Waals surface area contributed by atoms with Crippen LogP contribution in [0.1, 0.15) is 16.2 Å². The Balaban J connectivity index is 1.66. The Hall–Kier alpha value is -3.37. The number of carbonyl (C=O) groups excluding carboxylic acids is 1. The van der Waals surface area contributed by atoms with Gasteiger partial charge in [0.05, 0.1) is 16.4 Å². The van der Waals surface area contributed by atoms with Crippen molar-refractivity contribution in [3.63, 3.8) is 0 Å². The van der Waals surface area contributed by atoms with Gasteiger partial charge in [-0.25, -0.2) is 23.4 Å². The summed E-state index contributed by atoms with van der Waals surface area (Å²) >= 11 is 7.07. The van der Waals surface area contributed by atoms with Gasteiger partial charge in [-0.15, -0.1) is 5.10 Å². The molecule has 2 aromatic heterocycles. The topological polar surface area (TPSA) is 85.6 Å². The van der Waals surface area contributed by atoms with Gasteiger partial charge in [0.2, 0.25) is 0 Å². The molecule has 1 amide bonds. The third-order valence-electron chi connectivity index (χ3n) is 4.11. The number of aromatic nitrogens is 5. The molecule has 4 rings (SSSR count). The summed E-state index contributed by atoms with van der Waals surface area (Å²) < 4.78 is 28.2. The molecule has 2 aromatic carbocycles. The van der Waals surface area contributed by atoms with Gasteiger partial charge in [0.1, 0.15) is 11.6 Å². The average Bonchev–Trinajstić information content (AvgIpc) is 3.20. The summed E-state index contributed by atoms with van der Waals surface area (Å²) in [6.07, 6.45) is 3.22. The predicted octanol–water partition coefficient (Wildman–Crippen LogP) is 4.53. The van der Waals surface area contributed by atoms with Crippen LogP contribution in [0.15, 0.2) is 66.1 Å². The smallest absolute Gasteiger partial charge is 0.278 e. The molecule has 0 saturated heterocycles. The van der Waals surface area contributed by atoms with Crippen LogP contribution in [0.5, 0.6) is 0 Å². The molecule has 31 heavy (non-hydrogen) atoms. The van der Waals surface area contributed by atoms with E-state index in [0.717, 1.165) is 6.07 Å². The van der Waals surface area contributed by atoms with Crippen molar-refractivity contribution in [3.8, 4) is 5.69 Å². The Kier molecular flexibility index (Phi) is 6.19. The minimum Gasteiger partial charge on any atom is -0.320 e. The van der Waals surface area contributed by atoms with E-state index in [0.29, 0.717) is 22.2 Å². The summed E-state index contributed by atoms with van der Waals surface area (Å²) in [5.41, 5.74) is 1.34. The number of hydrogen-bond acceptors (Lipinski definition) is 6. The molecule has 0 atom stereocenters. The number of nitrogens with one attached hydrogen (secondary N) is 1. The molecule has 0 spiro atoms. The molecule has 156 valence electrons. The van der Waals surface area contributed by atoms with Gasteiger partial charge in [-0.3, -0.25) is 4.79 Å². The van der Waals surface area contributed by atoms with Crippen LogP contribution >= 0.6 is 23.4 Å². The number of halogens is 3. The van der Waals surface area contributed by atoms with E-state index in [1.165, 1.54) is 52.8 Å². The monoisotopic (exact) mass is 458 g/mol. The maximum Gasteiger partial charge on any atom is 0.278 e. The minimum atomic E-state index is -0.595. The second kappa shape index (κ2) is 9.19. The van der Waals surface area contributed by atoms with E-state index in [4.69, 9.17) is 11.6 Å². The van der Waals surface area contributed by atoms with Crippen molar-refractivity contribution in [1.29, 1.82) is 0 Å². The Labute approximate surface area is 184 Å². The van der Waals surface area contributed by atoms with Crippen LogP contribution in [0.25, 0.3) is 5.69 Å². The first kappa shape index (κ1) is 20.9. The van der Waals surface area contributed by atoms with Crippen molar-refractivity contribution in [3.05, 3.63) is 89.0 Å². The maximum absolute atomic E-state index is 13.4. The zero-order chi connectivity index (χ0) is 21.8. The van der Waals surface area contributed by atoms with Gasteiger partial charge in [-0.05, 0) is 48.5 Å². The van der Waals surface area contributed by atoms with Crippen molar-refractivity contribution in [2.45, 2.75) is 10.9 Å². The number of amides is 1. The first-order chi connectivity index (χ1) is 15.0. The fourth-order valence-electron chi connectivity index (χ4n) is 2.65. The van der Waals surface area contributed by atoms with Crippen LogP contribution in [-0.2, 0) is 5.75 Å². The number of carbonyl (C=O) groups is 1. The molecule has 4 aromatic rings. The highest BCUT2D eigenvalue weighted by Crippen LogP contribution is 2.24. The van der Waals surface area contributed by atoms with Gasteiger partial charge in [-0.1, -0.05) is 28.6 Å². The first-order valence-corrected chi connectivity index (χ1v) is 10.2. The zero-order valence-electron chi connectivity index (χ0n) is 15.7. The summed E-state index contributed by atoms with van der Waals surface area (Å²) in [5, 5.41) is 11.1. The molecule has 0 aliphatic rings. The molecular weight excluding hydrogens is 446 g/mol. The van der Waals surface area contributed by atoms with E-state index < -0.39 is 17.5 Å². The highest BCUT2D eigenvalue weighted by atomic mass is 35.5. The van der Waals surface area contributed by atoms with Gasteiger partial charge < -0.3 is 5.32 Å². The van der Waals surface area contributed by atoms with Crippen LogP contribution in [0.3, 0.4) is 0 Å². The third-order valence-corrected chi connectivity index (χ3v) is 5.28. The summed E-state index contributed by atoms with van der Waals surface area (Å²) in [5.74, 6) is -1.28. The van der Waals surface area contributed by atoms with Crippen LogP contribution in [-0.4, -0.2) is 30.9 Å². The molecule has 0 fully saturated rings. The van der Waals surface area contributed by atoms with Crippen LogP contribution < -0.4 is 5.32 Å². The van der Waals surface area contributed by atoms with Crippen LogP contribution in [0, 0.1) is 11.6 Å². The lowest BCUT2D eigenvalue weighted by molar-refractivity contribution is 0.102. The van der Waals surface area contributed by atoms with Crippen LogP contribution in [0.4, 0.5) is 14.5 Å². The van der Waals surface area contributed by atoms with Gasteiger partial charge in [-0.2, -0.15) is 0 Å². The van der Waals surface area contributed by atoms with Gasteiger partial charge in [0.15, 0.2) is 10.9 Å². The van der Waals surface area contributed by atoms with E-state index in [2.05, 4.69) is 25.6 Å². The Morgan fingerprint density at radius 3 is 2.55 bits per heavy atom. The summed E-state index contributed by atoms with van der Waals surface area (Å²) in [6.45, 7) is 0. The molecule has 7 nitrogen and oxygen atoms in total. The van der Waals surface area contributed by atoms with Gasteiger partial charge in [0, 0.05) is 23.8 Å². The summed E-state index contributed by atoms with van der Waals surface area (Å²) in [4.78, 5) is 21.2. The number of benzene rings is 2. The SMILES string of the molecule is O=C(Nc1ccc(F)c(Cl)c1)c1nnn(-c2ccc(F)cc2)c1CSc1ncccn1. The Bertz CT molecular complexity index is 1220. The van der Waals surface area contributed by atoms with Crippen molar-refractivity contribution >= 4 is 35.0 Å². The Morgan fingerprint density at radius 1 is 1.10 bits per heavy atom. The zero-order valence-corrected chi connectivity index (χ0v) is 17.2. The number of thioether (sulfide) groups is 1. The molecule has 0 aliphatic heterocycles. The molecule has 1 N–H and O–H groups in total. The van der Waals surface area contributed by atoms with E-state index in [-0.39, 0.29) is 16.5 Å². The lowest BCUT2D eigenvalue weighted by Crippen LogP contribution is -2.15. The summed E-state index contributed by atoms with van der Waals surface area (Å²) in [6, 6.07) is 11.2. The van der Waals surface area contributed by atoms with E-state index in [1.54, 1.807) is 18.5 Å². The highest BCUT2D eigenvalue weighted by Gasteiger charge is 2.22. The number of nitrogens with zero attached hydrogens (tertiary/aromatic N) is 5. The van der Waals surface area contributed by atoms with Crippen molar-refractivity contribution in [2.24, 2.45) is 0 Å². The number of anilines is 1. The largest absolute Gasteiger partial charge is 0.320 e. The second-order valence-corrected chi connectivity index (χ2v) is 7.53. The van der Waals surface area contributed by atoms with Gasteiger partial charge in [0.25, 0.3) is 5.91 Å². The maximum atomic E-state index is 13.4. The fourth-order valence-corrected chi connectivity index (χ4v) is 3.63. The van der Waals surface area contributed by atoms with E-state index >= 15 is 0 Å². The molecule has 2 heterocycles. The quantitative estimate of drug-likeness (QED) is 0.337. The average molecular weight is 459 g/mol. The number of hydrogen-bond donors (Lipinski definition) is 1. The fraction of sp³-hybridized carbons (Fsp3) is 0.0500. The molecule has 0 bridgehead atoms. The molecule has 0 radical (unpaired) electrons. The molecular formula is C20H13ClF2N6OS. The van der Waals surface area contributed by atoms with Crippen LogP contribution in [0.2, 0.25) is 5.02 Å². The van der Waals surface area contributed by atoms with Crippen molar-refractivity contribution < 1.29 is 13.6 Å². The van der Waals surface area contributed by atoms with E-state index in [9.17, 15) is 13.6 Å². The predicted molar refractivity (Wildman–Crippen MR) is 112 cm³/mol. The highest BCUT2D eigenvalue weighted by molar-refractivity contribution is 7.98. The molecule has 0 saturated carbocycles. The second-order valence-electron chi connectivity index (χ2n) is 6.18.